The van der Waals surface area contributed by atoms with E-state index in [2.05, 4.69) is 28.7 Å². The Morgan fingerprint density at radius 2 is 1.96 bits per heavy atom. The Balaban J connectivity index is 2.11. The Hall–Kier alpha value is -2.02. The smallest absolute Gasteiger partial charge is 0.326 e. The maximum Gasteiger partial charge on any atom is 0.326 e. The largest absolute Gasteiger partial charge is 0.480 e. The molecule has 1 aromatic carbocycles. The number of carboxylic acid groups (broad SMARTS) is 1. The maximum absolute atomic E-state index is 12.3. The minimum atomic E-state index is -0.996. The summed E-state index contributed by atoms with van der Waals surface area (Å²) in [5.41, 5.74) is 1.95. The number of aliphatic carboxylic acids is 1. The number of fused-ring (bicyclic) bond motifs is 1. The molecule has 0 aliphatic carbocycles. The predicted molar refractivity (Wildman–Crippen MR) is 104 cm³/mol. The second kappa shape index (κ2) is 9.07. The molecule has 2 aromatic rings. The van der Waals surface area contributed by atoms with Crippen molar-refractivity contribution < 1.29 is 14.7 Å². The number of nitrogens with one attached hydrogen (secondary N) is 1. The third-order valence-corrected chi connectivity index (χ3v) is 5.27. The highest BCUT2D eigenvalue weighted by Crippen LogP contribution is 2.25. The third-order valence-electron chi connectivity index (χ3n) is 4.30. The number of thioether (sulfide) groups is 1. The van der Waals surface area contributed by atoms with E-state index >= 15 is 0 Å². The number of aromatic nitrogens is 2. The van der Waals surface area contributed by atoms with Gasteiger partial charge in [0.2, 0.25) is 5.91 Å². The molecule has 0 fully saturated rings. The van der Waals surface area contributed by atoms with Crippen molar-refractivity contribution in [3.05, 3.63) is 24.3 Å². The minimum absolute atomic E-state index is 0.119. The first-order valence-corrected chi connectivity index (χ1v) is 9.92. The molecule has 6 nitrogen and oxygen atoms in total. The standard InChI is InChI=1S/C19H27N3O3S/c1-5-13(4)17(18(24)25)21-16(23)11-26-19-20-14-8-6-7-9-15(14)22(19)10-12(2)3/h6-9,12-13,17H,5,10-11H2,1-4H3,(H,21,23)(H,24,25). The number of imidazole rings is 1. The van der Waals surface area contributed by atoms with Gasteiger partial charge in [-0.25, -0.2) is 9.78 Å². The first-order chi connectivity index (χ1) is 12.3. The Labute approximate surface area is 158 Å². The van der Waals surface area contributed by atoms with Gasteiger partial charge in [-0.15, -0.1) is 0 Å². The zero-order valence-electron chi connectivity index (χ0n) is 15.7. The van der Waals surface area contributed by atoms with Gasteiger partial charge in [0.1, 0.15) is 6.04 Å². The highest BCUT2D eigenvalue weighted by Gasteiger charge is 2.25. The number of rotatable bonds is 9. The minimum Gasteiger partial charge on any atom is -0.480 e. The molecule has 1 aromatic heterocycles. The van der Waals surface area contributed by atoms with Crippen molar-refractivity contribution in [2.24, 2.45) is 11.8 Å². The van der Waals surface area contributed by atoms with Crippen molar-refractivity contribution in [1.82, 2.24) is 14.9 Å². The van der Waals surface area contributed by atoms with E-state index in [4.69, 9.17) is 0 Å². The van der Waals surface area contributed by atoms with E-state index in [1.54, 1.807) is 0 Å². The second-order valence-corrected chi connectivity index (χ2v) is 7.89. The van der Waals surface area contributed by atoms with E-state index in [0.29, 0.717) is 12.3 Å². The van der Waals surface area contributed by atoms with Gasteiger partial charge < -0.3 is 15.0 Å². The summed E-state index contributed by atoms with van der Waals surface area (Å²) in [5, 5.41) is 12.7. The lowest BCUT2D eigenvalue weighted by atomic mass is 9.99. The van der Waals surface area contributed by atoms with E-state index in [-0.39, 0.29) is 17.6 Å². The molecule has 1 amide bonds. The SMILES string of the molecule is CCC(C)C(NC(=O)CSc1nc2ccccc2n1CC(C)C)C(=O)O. The monoisotopic (exact) mass is 377 g/mol. The van der Waals surface area contributed by atoms with Crippen LogP contribution in [0.2, 0.25) is 0 Å². The van der Waals surface area contributed by atoms with Crippen LogP contribution in [0.5, 0.6) is 0 Å². The summed E-state index contributed by atoms with van der Waals surface area (Å²) in [6.45, 7) is 8.83. The third kappa shape index (κ3) is 5.00. The Morgan fingerprint density at radius 1 is 1.27 bits per heavy atom. The fraction of sp³-hybridized carbons (Fsp3) is 0.526. The van der Waals surface area contributed by atoms with E-state index in [1.807, 2.05) is 38.1 Å². The molecule has 0 bridgehead atoms. The number of benzene rings is 1. The van der Waals surface area contributed by atoms with Crippen molar-refractivity contribution in [1.29, 1.82) is 0 Å². The number of hydrogen-bond donors (Lipinski definition) is 2. The summed E-state index contributed by atoms with van der Waals surface area (Å²) in [6, 6.07) is 7.05. The van der Waals surface area contributed by atoms with Crippen molar-refractivity contribution in [2.45, 2.75) is 51.9 Å². The molecule has 1 heterocycles. The highest BCUT2D eigenvalue weighted by molar-refractivity contribution is 7.99. The van der Waals surface area contributed by atoms with Crippen LogP contribution in [-0.2, 0) is 16.1 Å². The van der Waals surface area contributed by atoms with Crippen molar-refractivity contribution in [3.8, 4) is 0 Å². The van der Waals surface area contributed by atoms with Crippen LogP contribution in [0.25, 0.3) is 11.0 Å². The van der Waals surface area contributed by atoms with Crippen LogP contribution in [-0.4, -0.2) is 38.3 Å². The summed E-state index contributed by atoms with van der Waals surface area (Å²) in [4.78, 5) is 28.3. The summed E-state index contributed by atoms with van der Waals surface area (Å²) < 4.78 is 2.13. The molecule has 7 heteroatoms. The van der Waals surface area contributed by atoms with Gasteiger partial charge in [-0.05, 0) is 24.0 Å². The van der Waals surface area contributed by atoms with Crippen LogP contribution in [0, 0.1) is 11.8 Å². The number of para-hydroxylation sites is 2. The predicted octanol–water partition coefficient (Wildman–Crippen LogP) is 3.40. The molecule has 0 saturated heterocycles. The van der Waals surface area contributed by atoms with Crippen LogP contribution < -0.4 is 5.32 Å². The zero-order valence-corrected chi connectivity index (χ0v) is 16.5. The Morgan fingerprint density at radius 3 is 2.58 bits per heavy atom. The second-order valence-electron chi connectivity index (χ2n) is 6.95. The van der Waals surface area contributed by atoms with Gasteiger partial charge in [-0.1, -0.05) is 58.0 Å². The molecule has 2 atom stereocenters. The number of hydrogen-bond acceptors (Lipinski definition) is 4. The van der Waals surface area contributed by atoms with Crippen LogP contribution >= 0.6 is 11.8 Å². The first-order valence-electron chi connectivity index (χ1n) is 8.93. The lowest BCUT2D eigenvalue weighted by Crippen LogP contribution is -2.45. The van der Waals surface area contributed by atoms with Gasteiger partial charge in [0.25, 0.3) is 0 Å². The van der Waals surface area contributed by atoms with Crippen molar-refractivity contribution in [3.63, 3.8) is 0 Å². The van der Waals surface area contributed by atoms with Crippen LogP contribution in [0.4, 0.5) is 0 Å². The molecule has 2 rings (SSSR count). The Bertz CT molecular complexity index is 772. The number of nitrogens with zero attached hydrogens (tertiary/aromatic N) is 2. The molecule has 26 heavy (non-hydrogen) atoms. The van der Waals surface area contributed by atoms with Gasteiger partial charge in [0, 0.05) is 6.54 Å². The molecule has 0 saturated carbocycles. The summed E-state index contributed by atoms with van der Waals surface area (Å²) in [5.74, 6) is -0.813. The molecule has 0 aliphatic heterocycles. The average molecular weight is 378 g/mol. The number of carboxylic acids is 1. The van der Waals surface area contributed by atoms with Gasteiger partial charge in [0.05, 0.1) is 16.8 Å². The van der Waals surface area contributed by atoms with Gasteiger partial charge in [0.15, 0.2) is 5.16 Å². The highest BCUT2D eigenvalue weighted by atomic mass is 32.2. The Kier molecular flexibility index (Phi) is 7.08. The van der Waals surface area contributed by atoms with Crippen LogP contribution in [0.3, 0.4) is 0 Å². The molecule has 142 valence electrons. The van der Waals surface area contributed by atoms with E-state index in [0.717, 1.165) is 22.7 Å². The molecule has 2 N–H and O–H groups in total. The molecule has 0 radical (unpaired) electrons. The van der Waals surface area contributed by atoms with Crippen LogP contribution in [0.1, 0.15) is 34.1 Å². The number of amides is 1. The lowest BCUT2D eigenvalue weighted by molar-refractivity contribution is -0.143. The maximum atomic E-state index is 12.3. The molecule has 2 unspecified atom stereocenters. The van der Waals surface area contributed by atoms with Gasteiger partial charge >= 0.3 is 5.97 Å². The normalized spacial score (nSPS) is 13.7. The van der Waals surface area contributed by atoms with E-state index < -0.39 is 12.0 Å². The van der Waals surface area contributed by atoms with Gasteiger partial charge in [-0.3, -0.25) is 4.79 Å². The molecular weight excluding hydrogens is 350 g/mol. The van der Waals surface area contributed by atoms with Crippen molar-refractivity contribution in [2.75, 3.05) is 5.75 Å². The fourth-order valence-corrected chi connectivity index (χ4v) is 3.57. The van der Waals surface area contributed by atoms with E-state index in [9.17, 15) is 14.7 Å². The number of carbonyl (C=O) groups excluding carboxylic acids is 1. The average Bonchev–Trinajstić information content (AvgIpc) is 2.94. The molecule has 0 aliphatic rings. The summed E-state index contributed by atoms with van der Waals surface area (Å²) in [6.07, 6.45) is 0.689. The molecular formula is C19H27N3O3S. The zero-order chi connectivity index (χ0) is 19.3. The quantitative estimate of drug-likeness (QED) is 0.654. The summed E-state index contributed by atoms with van der Waals surface area (Å²) in [7, 11) is 0. The van der Waals surface area contributed by atoms with Crippen molar-refractivity contribution >= 4 is 34.7 Å². The summed E-state index contributed by atoms with van der Waals surface area (Å²) >= 11 is 1.34. The number of carbonyl (C=O) groups is 2. The van der Waals surface area contributed by atoms with Gasteiger partial charge in [-0.2, -0.15) is 0 Å². The topological polar surface area (TPSA) is 84.2 Å². The van der Waals surface area contributed by atoms with Crippen LogP contribution in [0.15, 0.2) is 29.4 Å². The van der Waals surface area contributed by atoms with E-state index in [1.165, 1.54) is 11.8 Å². The fourth-order valence-electron chi connectivity index (χ4n) is 2.73. The molecule has 0 spiro atoms. The lowest BCUT2D eigenvalue weighted by Gasteiger charge is -2.20. The first kappa shape index (κ1) is 20.3.